The maximum atomic E-state index is 10.7. The lowest BCUT2D eigenvalue weighted by Crippen LogP contribution is -2.27. The zero-order valence-corrected chi connectivity index (χ0v) is 13.2. The highest BCUT2D eigenvalue weighted by atomic mass is 35.5. The van der Waals surface area contributed by atoms with E-state index in [0.717, 1.165) is 37.0 Å². The molecule has 1 aromatic rings. The van der Waals surface area contributed by atoms with Gasteiger partial charge in [-0.15, -0.1) is 0 Å². The van der Waals surface area contributed by atoms with Crippen LogP contribution in [0.15, 0.2) is 24.3 Å². The predicted molar refractivity (Wildman–Crippen MR) is 87.0 cm³/mol. The summed E-state index contributed by atoms with van der Waals surface area (Å²) in [5.41, 5.74) is 1.84. The number of carboxylic acids is 1. The number of likely N-dealkylation sites (tertiary alicyclic amines) is 1. The van der Waals surface area contributed by atoms with Crippen molar-refractivity contribution < 1.29 is 9.90 Å². The fourth-order valence-electron chi connectivity index (χ4n) is 2.83. The molecule has 1 saturated heterocycles. The van der Waals surface area contributed by atoms with Crippen LogP contribution in [0.1, 0.15) is 12.0 Å². The van der Waals surface area contributed by atoms with Crippen molar-refractivity contribution in [2.24, 2.45) is 5.92 Å². The second kappa shape index (κ2) is 6.96. The molecule has 1 aliphatic heterocycles. The number of carbonyl (C=O) groups is 1. The number of hydrogen-bond acceptors (Lipinski definition) is 3. The van der Waals surface area contributed by atoms with Crippen molar-refractivity contribution in [2.75, 3.05) is 38.6 Å². The number of aliphatic carboxylic acids is 1. The van der Waals surface area contributed by atoms with Gasteiger partial charge in [-0.2, -0.15) is 0 Å². The van der Waals surface area contributed by atoms with Crippen LogP contribution in [-0.2, 0) is 4.79 Å². The highest BCUT2D eigenvalue weighted by molar-refractivity contribution is 6.30. The van der Waals surface area contributed by atoms with Gasteiger partial charge in [-0.25, -0.2) is 4.79 Å². The zero-order chi connectivity index (χ0) is 15.4. The van der Waals surface area contributed by atoms with Gasteiger partial charge >= 0.3 is 5.97 Å². The van der Waals surface area contributed by atoms with Gasteiger partial charge < -0.3 is 14.9 Å². The zero-order valence-electron chi connectivity index (χ0n) is 12.4. The van der Waals surface area contributed by atoms with Crippen molar-refractivity contribution in [3.8, 4) is 0 Å². The average molecular weight is 309 g/mol. The summed E-state index contributed by atoms with van der Waals surface area (Å²) in [7, 11) is 4.18. The number of anilines is 1. The first-order valence-electron chi connectivity index (χ1n) is 7.06. The van der Waals surface area contributed by atoms with E-state index in [9.17, 15) is 4.79 Å². The molecule has 2 rings (SSSR count). The Kier molecular flexibility index (Phi) is 5.26. The van der Waals surface area contributed by atoms with E-state index in [1.165, 1.54) is 6.42 Å². The maximum Gasteiger partial charge on any atom is 0.328 e. The molecule has 1 N–H and O–H groups in total. The molecule has 1 heterocycles. The Labute approximate surface area is 130 Å². The van der Waals surface area contributed by atoms with Crippen LogP contribution in [-0.4, -0.2) is 49.7 Å². The summed E-state index contributed by atoms with van der Waals surface area (Å²) < 4.78 is 0. The van der Waals surface area contributed by atoms with E-state index in [1.54, 1.807) is 12.1 Å². The van der Waals surface area contributed by atoms with E-state index >= 15 is 0 Å². The van der Waals surface area contributed by atoms with E-state index in [0.29, 0.717) is 10.9 Å². The normalized spacial score (nSPS) is 19.3. The Morgan fingerprint density at radius 3 is 2.95 bits per heavy atom. The number of carboxylic acid groups (broad SMARTS) is 1. The first-order valence-corrected chi connectivity index (χ1v) is 7.43. The topological polar surface area (TPSA) is 43.8 Å². The molecule has 0 amide bonds. The van der Waals surface area contributed by atoms with Crippen LogP contribution in [0, 0.1) is 5.92 Å². The van der Waals surface area contributed by atoms with Crippen LogP contribution < -0.4 is 4.90 Å². The van der Waals surface area contributed by atoms with Crippen LogP contribution in [0.2, 0.25) is 5.02 Å². The van der Waals surface area contributed by atoms with Gasteiger partial charge in [-0.3, -0.25) is 0 Å². The largest absolute Gasteiger partial charge is 0.478 e. The summed E-state index contributed by atoms with van der Waals surface area (Å²) in [6, 6.07) is 5.59. The van der Waals surface area contributed by atoms with Gasteiger partial charge in [0.1, 0.15) is 0 Å². The molecule has 0 aromatic heterocycles. The lowest BCUT2D eigenvalue weighted by molar-refractivity contribution is -0.131. The molecule has 0 spiro atoms. The summed E-state index contributed by atoms with van der Waals surface area (Å²) in [6.45, 7) is 3.21. The van der Waals surface area contributed by atoms with E-state index in [2.05, 4.69) is 16.8 Å². The lowest BCUT2D eigenvalue weighted by atomic mass is 10.1. The first kappa shape index (κ1) is 15.9. The van der Waals surface area contributed by atoms with Gasteiger partial charge in [0.25, 0.3) is 0 Å². The number of benzene rings is 1. The summed E-state index contributed by atoms with van der Waals surface area (Å²) in [6.07, 6.45) is 3.95. The molecule has 0 bridgehead atoms. The summed E-state index contributed by atoms with van der Waals surface area (Å²) in [5.74, 6) is -0.312. The minimum atomic E-state index is -0.957. The van der Waals surface area contributed by atoms with Crippen LogP contribution in [0.5, 0.6) is 0 Å². The summed E-state index contributed by atoms with van der Waals surface area (Å²) in [4.78, 5) is 15.2. The molecule has 4 nitrogen and oxygen atoms in total. The molecule has 0 radical (unpaired) electrons. The maximum absolute atomic E-state index is 10.7. The number of halogens is 1. The van der Waals surface area contributed by atoms with Gasteiger partial charge in [-0.05, 0) is 55.8 Å². The predicted octanol–water partition coefficient (Wildman–Crippen LogP) is 2.83. The fraction of sp³-hybridized carbons (Fsp3) is 0.438. The Morgan fingerprint density at radius 2 is 2.33 bits per heavy atom. The Bertz CT molecular complexity index is 545. The third-order valence-corrected chi connectivity index (χ3v) is 4.06. The summed E-state index contributed by atoms with van der Waals surface area (Å²) in [5, 5.41) is 9.40. The van der Waals surface area contributed by atoms with E-state index < -0.39 is 5.97 Å². The first-order chi connectivity index (χ1) is 9.95. The van der Waals surface area contributed by atoms with Crippen molar-refractivity contribution in [2.45, 2.75) is 6.42 Å². The van der Waals surface area contributed by atoms with Gasteiger partial charge in [0.05, 0.1) is 0 Å². The fourth-order valence-corrected chi connectivity index (χ4v) is 3.01. The molecule has 1 unspecified atom stereocenters. The standard InChI is InChI=1S/C16H21ClN2O2/c1-18-8-7-12(10-18)11-19(2)15-5-4-14(17)9-13(15)3-6-16(20)21/h3-6,9,12H,7-8,10-11H2,1-2H3,(H,20,21)/b6-3+. The van der Waals surface area contributed by atoms with Gasteiger partial charge in [0.15, 0.2) is 0 Å². The van der Waals surface area contributed by atoms with E-state index in [-0.39, 0.29) is 0 Å². The van der Waals surface area contributed by atoms with Crippen molar-refractivity contribution in [1.82, 2.24) is 4.90 Å². The highest BCUT2D eigenvalue weighted by Crippen LogP contribution is 2.27. The molecular weight excluding hydrogens is 288 g/mol. The van der Waals surface area contributed by atoms with Crippen molar-refractivity contribution in [3.05, 3.63) is 34.9 Å². The Hall–Kier alpha value is -1.52. The molecule has 0 aliphatic carbocycles. The molecule has 114 valence electrons. The van der Waals surface area contributed by atoms with Gasteiger partial charge in [0, 0.05) is 36.9 Å². The molecule has 5 heteroatoms. The van der Waals surface area contributed by atoms with Crippen LogP contribution in [0.4, 0.5) is 5.69 Å². The highest BCUT2D eigenvalue weighted by Gasteiger charge is 2.21. The Morgan fingerprint density at radius 1 is 1.57 bits per heavy atom. The summed E-state index contributed by atoms with van der Waals surface area (Å²) >= 11 is 6.02. The third kappa shape index (κ3) is 4.48. The van der Waals surface area contributed by atoms with Crippen LogP contribution in [0.3, 0.4) is 0 Å². The van der Waals surface area contributed by atoms with Gasteiger partial charge in [-0.1, -0.05) is 11.6 Å². The van der Waals surface area contributed by atoms with Crippen molar-refractivity contribution in [1.29, 1.82) is 0 Å². The molecule has 1 fully saturated rings. The minimum absolute atomic E-state index is 0.609. The van der Waals surface area contributed by atoms with E-state index in [4.69, 9.17) is 16.7 Å². The molecule has 1 aliphatic rings. The minimum Gasteiger partial charge on any atom is -0.478 e. The quantitative estimate of drug-likeness (QED) is 0.850. The second-order valence-corrected chi connectivity index (χ2v) is 6.11. The molecule has 1 atom stereocenters. The smallest absolute Gasteiger partial charge is 0.328 e. The molecule has 0 saturated carbocycles. The third-order valence-electron chi connectivity index (χ3n) is 3.83. The van der Waals surface area contributed by atoms with Crippen molar-refractivity contribution >= 4 is 29.3 Å². The average Bonchev–Trinajstić information content (AvgIpc) is 2.81. The molecular formula is C16H21ClN2O2. The lowest BCUT2D eigenvalue weighted by Gasteiger charge is -2.25. The van der Waals surface area contributed by atoms with E-state index in [1.807, 2.05) is 19.2 Å². The van der Waals surface area contributed by atoms with Gasteiger partial charge in [0.2, 0.25) is 0 Å². The number of rotatable bonds is 5. The number of nitrogens with zero attached hydrogens (tertiary/aromatic N) is 2. The molecule has 1 aromatic carbocycles. The van der Waals surface area contributed by atoms with Crippen LogP contribution in [0.25, 0.3) is 6.08 Å². The molecule has 21 heavy (non-hydrogen) atoms. The van der Waals surface area contributed by atoms with Crippen molar-refractivity contribution in [3.63, 3.8) is 0 Å². The SMILES string of the molecule is CN1CCC(CN(C)c2ccc(Cl)cc2/C=C/C(=O)O)C1. The second-order valence-electron chi connectivity index (χ2n) is 5.67. The Balaban J connectivity index is 2.15. The monoisotopic (exact) mass is 308 g/mol. The van der Waals surface area contributed by atoms with Crippen LogP contribution >= 0.6 is 11.6 Å². The number of hydrogen-bond donors (Lipinski definition) is 1.